The minimum Gasteiger partial charge on any atom is -0.328 e. The molecule has 1 unspecified atom stereocenters. The molecule has 0 radical (unpaired) electrons. The molecule has 1 atom stereocenters. The SMILES string of the molecule is CCC(=O)C1(S(=O)(=O)c2ccc(C)cc2)OC1(c1ccccc1)c1ccccc1. The van der Waals surface area contributed by atoms with Crippen LogP contribution in [-0.2, 0) is 25.0 Å². The summed E-state index contributed by atoms with van der Waals surface area (Å²) in [5, 5.41) is 0. The molecule has 4 nitrogen and oxygen atoms in total. The Labute approximate surface area is 171 Å². The molecule has 0 saturated carbocycles. The molecule has 1 heterocycles. The van der Waals surface area contributed by atoms with Crippen molar-refractivity contribution in [1.82, 2.24) is 0 Å². The molecule has 1 fully saturated rings. The van der Waals surface area contributed by atoms with Crippen LogP contribution in [0.25, 0.3) is 0 Å². The zero-order valence-corrected chi connectivity index (χ0v) is 17.1. The molecule has 0 N–H and O–H groups in total. The zero-order chi connectivity index (χ0) is 20.7. The predicted octanol–water partition coefficient (Wildman–Crippen LogP) is 4.42. The molecule has 0 amide bonds. The van der Waals surface area contributed by atoms with E-state index < -0.39 is 26.2 Å². The van der Waals surface area contributed by atoms with Gasteiger partial charge < -0.3 is 4.74 Å². The Morgan fingerprint density at radius 1 is 0.828 bits per heavy atom. The monoisotopic (exact) mass is 406 g/mol. The van der Waals surface area contributed by atoms with E-state index in [0.29, 0.717) is 11.1 Å². The molecule has 0 aliphatic carbocycles. The summed E-state index contributed by atoms with van der Waals surface area (Å²) in [5.41, 5.74) is 0.841. The first-order valence-corrected chi connectivity index (χ1v) is 11.0. The molecule has 29 heavy (non-hydrogen) atoms. The largest absolute Gasteiger partial charge is 0.328 e. The number of hydrogen-bond acceptors (Lipinski definition) is 4. The van der Waals surface area contributed by atoms with Gasteiger partial charge in [-0.15, -0.1) is 0 Å². The fourth-order valence-corrected chi connectivity index (χ4v) is 6.08. The minimum atomic E-state index is -4.13. The van der Waals surface area contributed by atoms with E-state index in [1.807, 2.05) is 67.6 Å². The van der Waals surface area contributed by atoms with Crippen molar-refractivity contribution < 1.29 is 17.9 Å². The quantitative estimate of drug-likeness (QED) is 0.569. The van der Waals surface area contributed by atoms with Crippen molar-refractivity contribution in [2.24, 2.45) is 0 Å². The molecule has 5 heteroatoms. The molecule has 0 aromatic heterocycles. The highest BCUT2D eigenvalue weighted by molar-refractivity contribution is 7.93. The van der Waals surface area contributed by atoms with Crippen molar-refractivity contribution >= 4 is 15.6 Å². The van der Waals surface area contributed by atoms with Crippen LogP contribution < -0.4 is 0 Å². The molecule has 3 aromatic rings. The summed E-state index contributed by atoms with van der Waals surface area (Å²) in [5.74, 6) is -0.453. The summed E-state index contributed by atoms with van der Waals surface area (Å²) >= 11 is 0. The average molecular weight is 407 g/mol. The number of carbonyl (C=O) groups excluding carboxylic acids is 1. The van der Waals surface area contributed by atoms with Crippen LogP contribution in [0.15, 0.2) is 89.8 Å². The fourth-order valence-electron chi connectivity index (χ4n) is 3.96. The van der Waals surface area contributed by atoms with Gasteiger partial charge in [0.1, 0.15) is 0 Å². The lowest BCUT2D eigenvalue weighted by molar-refractivity contribution is -0.121. The molecule has 148 valence electrons. The van der Waals surface area contributed by atoms with E-state index in [9.17, 15) is 13.2 Å². The first-order chi connectivity index (χ1) is 13.9. The Balaban J connectivity index is 2.01. The lowest BCUT2D eigenvalue weighted by Crippen LogP contribution is -2.41. The number of epoxide rings is 1. The highest BCUT2D eigenvalue weighted by Crippen LogP contribution is 2.64. The van der Waals surface area contributed by atoms with Gasteiger partial charge in [0.25, 0.3) is 4.93 Å². The molecular formula is C24H22O4S. The van der Waals surface area contributed by atoms with Gasteiger partial charge in [0, 0.05) is 6.42 Å². The van der Waals surface area contributed by atoms with E-state index in [4.69, 9.17) is 4.74 Å². The van der Waals surface area contributed by atoms with Crippen LogP contribution in [-0.4, -0.2) is 19.1 Å². The Kier molecular flexibility index (Phi) is 4.68. The van der Waals surface area contributed by atoms with Crippen molar-refractivity contribution in [3.05, 3.63) is 102 Å². The summed E-state index contributed by atoms with van der Waals surface area (Å²) in [6, 6.07) is 24.7. The zero-order valence-electron chi connectivity index (χ0n) is 16.3. The van der Waals surface area contributed by atoms with E-state index in [2.05, 4.69) is 0 Å². The van der Waals surface area contributed by atoms with Crippen molar-refractivity contribution in [2.75, 3.05) is 0 Å². The molecule has 3 aromatic carbocycles. The number of hydrogen-bond donors (Lipinski definition) is 0. The van der Waals surface area contributed by atoms with Crippen LogP contribution in [0.4, 0.5) is 0 Å². The summed E-state index contributed by atoms with van der Waals surface area (Å²) in [6.45, 7) is 3.55. The van der Waals surface area contributed by atoms with Gasteiger partial charge in [0.15, 0.2) is 11.4 Å². The van der Waals surface area contributed by atoms with Gasteiger partial charge in [-0.05, 0) is 30.2 Å². The summed E-state index contributed by atoms with van der Waals surface area (Å²) in [6.07, 6.45) is 0.0481. The van der Waals surface area contributed by atoms with Gasteiger partial charge in [0.05, 0.1) is 4.90 Å². The summed E-state index contributed by atoms with van der Waals surface area (Å²) < 4.78 is 33.8. The maximum Gasteiger partial charge on any atom is 0.270 e. The molecule has 1 aliphatic rings. The lowest BCUT2D eigenvalue weighted by atomic mass is 9.85. The predicted molar refractivity (Wildman–Crippen MR) is 111 cm³/mol. The van der Waals surface area contributed by atoms with E-state index in [1.54, 1.807) is 19.1 Å². The third kappa shape index (κ3) is 2.69. The third-order valence-electron chi connectivity index (χ3n) is 5.48. The van der Waals surface area contributed by atoms with Crippen molar-refractivity contribution in [2.45, 2.75) is 35.7 Å². The number of Topliss-reactive ketones (excluding diaryl/α,β-unsaturated/α-hetero) is 1. The highest BCUT2D eigenvalue weighted by Gasteiger charge is 2.82. The normalized spacial score (nSPS) is 20.2. The van der Waals surface area contributed by atoms with E-state index in [1.165, 1.54) is 12.1 Å². The minimum absolute atomic E-state index is 0.0481. The van der Waals surface area contributed by atoms with E-state index in [0.717, 1.165) is 5.56 Å². The van der Waals surface area contributed by atoms with E-state index >= 15 is 0 Å². The second kappa shape index (κ2) is 6.94. The molecular weight excluding hydrogens is 384 g/mol. The molecule has 0 bridgehead atoms. The van der Waals surface area contributed by atoms with Crippen LogP contribution in [0.2, 0.25) is 0 Å². The summed E-state index contributed by atoms with van der Waals surface area (Å²) in [4.78, 5) is 11.3. The standard InChI is InChI=1S/C24H22O4S/c1-3-22(25)24(29(26,27)21-16-14-18(2)15-17-21)23(28-24,19-10-6-4-7-11-19)20-12-8-5-9-13-20/h4-17H,3H2,1-2H3. The lowest BCUT2D eigenvalue weighted by Gasteiger charge is -2.20. The number of ketones is 1. The third-order valence-corrected chi connectivity index (χ3v) is 7.73. The first-order valence-electron chi connectivity index (χ1n) is 9.56. The van der Waals surface area contributed by atoms with Crippen LogP contribution >= 0.6 is 0 Å². The number of benzene rings is 3. The van der Waals surface area contributed by atoms with Crippen LogP contribution in [0.3, 0.4) is 0 Å². The first kappa shape index (κ1) is 19.6. The topological polar surface area (TPSA) is 63.7 Å². The Morgan fingerprint density at radius 3 is 1.76 bits per heavy atom. The molecule has 4 rings (SSSR count). The Hall–Kier alpha value is -2.76. The van der Waals surface area contributed by atoms with Crippen LogP contribution in [0.5, 0.6) is 0 Å². The fraction of sp³-hybridized carbons (Fsp3) is 0.208. The maximum atomic E-state index is 13.8. The number of aryl methyl sites for hydroxylation is 1. The average Bonchev–Trinajstić information content (AvgIpc) is 3.48. The van der Waals surface area contributed by atoms with Gasteiger partial charge in [0.2, 0.25) is 9.84 Å². The van der Waals surface area contributed by atoms with Crippen LogP contribution in [0, 0.1) is 6.92 Å². The smallest absolute Gasteiger partial charge is 0.270 e. The number of sulfone groups is 1. The van der Waals surface area contributed by atoms with Crippen LogP contribution in [0.1, 0.15) is 30.0 Å². The van der Waals surface area contributed by atoms with Gasteiger partial charge in [-0.3, -0.25) is 4.79 Å². The van der Waals surface area contributed by atoms with Crippen molar-refractivity contribution in [3.8, 4) is 0 Å². The van der Waals surface area contributed by atoms with Gasteiger partial charge in [-0.25, -0.2) is 8.42 Å². The second-order valence-electron chi connectivity index (χ2n) is 7.23. The maximum absolute atomic E-state index is 13.8. The molecule has 0 spiro atoms. The second-order valence-corrected chi connectivity index (χ2v) is 9.28. The number of ether oxygens (including phenoxy) is 1. The Morgan fingerprint density at radius 2 is 1.31 bits per heavy atom. The van der Waals surface area contributed by atoms with Gasteiger partial charge >= 0.3 is 0 Å². The number of rotatable bonds is 6. The Bertz CT molecular complexity index is 1100. The van der Waals surface area contributed by atoms with Crippen molar-refractivity contribution in [1.29, 1.82) is 0 Å². The van der Waals surface area contributed by atoms with Gasteiger partial charge in [-0.2, -0.15) is 0 Å². The molecule has 1 saturated heterocycles. The molecule has 1 aliphatic heterocycles. The van der Waals surface area contributed by atoms with Gasteiger partial charge in [-0.1, -0.05) is 85.3 Å². The van der Waals surface area contributed by atoms with Crippen molar-refractivity contribution in [3.63, 3.8) is 0 Å². The van der Waals surface area contributed by atoms with E-state index in [-0.39, 0.29) is 11.3 Å². The number of carbonyl (C=O) groups is 1. The summed E-state index contributed by atoms with van der Waals surface area (Å²) in [7, 11) is -4.13. The highest BCUT2D eigenvalue weighted by atomic mass is 32.2.